The number of aromatic nitrogens is 1. The minimum atomic E-state index is -0.325. The Morgan fingerprint density at radius 3 is 2.81 bits per heavy atom. The molecular formula is C16H12F2N2S. The topological polar surface area (TPSA) is 38.9 Å². The normalized spacial score (nSPS) is 11.0. The first-order chi connectivity index (χ1) is 10.1. The maximum absolute atomic E-state index is 13.7. The standard InChI is InChI=1S/C16H12F2N2S/c17-11-4-6-14(19)15(8-11)21-9-10-3-5-13(18)12-2-1-7-20-16(10)12/h1-8H,9,19H2. The third-order valence-corrected chi connectivity index (χ3v) is 4.28. The second-order valence-electron chi connectivity index (χ2n) is 4.58. The maximum atomic E-state index is 13.7. The summed E-state index contributed by atoms with van der Waals surface area (Å²) in [6.07, 6.45) is 1.63. The Morgan fingerprint density at radius 2 is 1.95 bits per heavy atom. The molecule has 1 aromatic heterocycles. The van der Waals surface area contributed by atoms with Gasteiger partial charge in [0.05, 0.1) is 5.52 Å². The Hall–Kier alpha value is -2.14. The Balaban J connectivity index is 1.92. The molecule has 0 radical (unpaired) electrons. The van der Waals surface area contributed by atoms with E-state index in [2.05, 4.69) is 4.98 Å². The number of anilines is 1. The van der Waals surface area contributed by atoms with Crippen LogP contribution < -0.4 is 5.73 Å². The summed E-state index contributed by atoms with van der Waals surface area (Å²) in [5.74, 6) is -0.0764. The minimum Gasteiger partial charge on any atom is -0.398 e. The van der Waals surface area contributed by atoms with E-state index < -0.39 is 0 Å². The lowest BCUT2D eigenvalue weighted by molar-refractivity contribution is 0.624. The van der Waals surface area contributed by atoms with E-state index in [1.54, 1.807) is 30.5 Å². The highest BCUT2D eigenvalue weighted by Crippen LogP contribution is 2.31. The summed E-state index contributed by atoms with van der Waals surface area (Å²) in [6, 6.07) is 10.8. The van der Waals surface area contributed by atoms with Gasteiger partial charge in [0.15, 0.2) is 0 Å². The van der Waals surface area contributed by atoms with E-state index in [1.807, 2.05) is 0 Å². The number of nitrogens with zero attached hydrogens (tertiary/aromatic N) is 1. The van der Waals surface area contributed by atoms with Gasteiger partial charge in [-0.05, 0) is 42.0 Å². The predicted molar refractivity (Wildman–Crippen MR) is 82.1 cm³/mol. The molecule has 0 spiro atoms. The average molecular weight is 302 g/mol. The lowest BCUT2D eigenvalue weighted by atomic mass is 10.1. The molecule has 21 heavy (non-hydrogen) atoms. The quantitative estimate of drug-likeness (QED) is 0.576. The third-order valence-electron chi connectivity index (χ3n) is 3.16. The zero-order valence-corrected chi connectivity index (χ0v) is 11.8. The van der Waals surface area contributed by atoms with Crippen molar-refractivity contribution in [3.8, 4) is 0 Å². The summed E-state index contributed by atoms with van der Waals surface area (Å²) in [7, 11) is 0. The number of pyridine rings is 1. The summed E-state index contributed by atoms with van der Waals surface area (Å²) in [5, 5.41) is 0.489. The number of nitrogens with two attached hydrogens (primary N) is 1. The zero-order chi connectivity index (χ0) is 14.8. The van der Waals surface area contributed by atoms with Crippen molar-refractivity contribution in [2.24, 2.45) is 0 Å². The van der Waals surface area contributed by atoms with Crippen LogP contribution in [0.15, 0.2) is 53.6 Å². The van der Waals surface area contributed by atoms with Crippen molar-refractivity contribution in [1.29, 1.82) is 0 Å². The van der Waals surface area contributed by atoms with Gasteiger partial charge in [0.2, 0.25) is 0 Å². The number of hydrogen-bond donors (Lipinski definition) is 1. The maximum Gasteiger partial charge on any atom is 0.132 e. The summed E-state index contributed by atoms with van der Waals surface area (Å²) >= 11 is 1.41. The van der Waals surface area contributed by atoms with Crippen LogP contribution in [0.2, 0.25) is 0 Å². The van der Waals surface area contributed by atoms with Gasteiger partial charge in [0.25, 0.3) is 0 Å². The van der Waals surface area contributed by atoms with E-state index in [4.69, 9.17) is 5.73 Å². The van der Waals surface area contributed by atoms with Gasteiger partial charge in [-0.1, -0.05) is 6.07 Å². The molecule has 0 aliphatic carbocycles. The lowest BCUT2D eigenvalue weighted by Crippen LogP contribution is -1.92. The van der Waals surface area contributed by atoms with Crippen molar-refractivity contribution < 1.29 is 8.78 Å². The average Bonchev–Trinajstić information content (AvgIpc) is 2.50. The molecule has 1 heterocycles. The Labute approximate surface area is 125 Å². The number of thioether (sulfide) groups is 1. The van der Waals surface area contributed by atoms with Crippen LogP contribution in [-0.2, 0) is 5.75 Å². The second-order valence-corrected chi connectivity index (χ2v) is 5.59. The van der Waals surface area contributed by atoms with Crippen LogP contribution in [0, 0.1) is 11.6 Å². The molecule has 0 saturated carbocycles. The van der Waals surface area contributed by atoms with Crippen molar-refractivity contribution in [3.05, 3.63) is 65.9 Å². The molecule has 2 nitrogen and oxygen atoms in total. The van der Waals surface area contributed by atoms with Crippen molar-refractivity contribution >= 4 is 28.4 Å². The molecule has 5 heteroatoms. The molecule has 2 aromatic carbocycles. The number of rotatable bonds is 3. The minimum absolute atomic E-state index is 0.294. The third kappa shape index (κ3) is 2.83. The Bertz CT molecular complexity index is 805. The number of nitrogen functional groups attached to an aromatic ring is 1. The summed E-state index contributed by atoms with van der Waals surface area (Å²) in [4.78, 5) is 4.91. The molecule has 0 aliphatic rings. The Morgan fingerprint density at radius 1 is 1.10 bits per heavy atom. The summed E-state index contributed by atoms with van der Waals surface area (Å²) in [5.41, 5.74) is 7.87. The fraction of sp³-hybridized carbons (Fsp3) is 0.0625. The van der Waals surface area contributed by atoms with Crippen LogP contribution in [-0.4, -0.2) is 4.98 Å². The van der Waals surface area contributed by atoms with Gasteiger partial charge < -0.3 is 5.73 Å². The Kier molecular flexibility index (Phi) is 3.75. The van der Waals surface area contributed by atoms with Gasteiger partial charge in [-0.25, -0.2) is 8.78 Å². The predicted octanol–water partition coefficient (Wildman–Crippen LogP) is 4.39. The van der Waals surface area contributed by atoms with E-state index in [0.29, 0.717) is 27.2 Å². The van der Waals surface area contributed by atoms with Gasteiger partial charge >= 0.3 is 0 Å². The monoisotopic (exact) mass is 302 g/mol. The zero-order valence-electron chi connectivity index (χ0n) is 11.0. The van der Waals surface area contributed by atoms with Crippen molar-refractivity contribution in [1.82, 2.24) is 4.98 Å². The fourth-order valence-corrected chi connectivity index (χ4v) is 3.08. The van der Waals surface area contributed by atoms with Crippen LogP contribution in [0.25, 0.3) is 10.9 Å². The van der Waals surface area contributed by atoms with Crippen molar-refractivity contribution in [3.63, 3.8) is 0 Å². The molecule has 0 saturated heterocycles. The van der Waals surface area contributed by atoms with Gasteiger partial charge in [0, 0.05) is 27.9 Å². The van der Waals surface area contributed by atoms with Crippen molar-refractivity contribution in [2.45, 2.75) is 10.6 Å². The highest BCUT2D eigenvalue weighted by molar-refractivity contribution is 7.98. The summed E-state index contributed by atoms with van der Waals surface area (Å²) in [6.45, 7) is 0. The first kappa shape index (κ1) is 13.8. The first-order valence-electron chi connectivity index (χ1n) is 6.35. The van der Waals surface area contributed by atoms with Crippen LogP contribution >= 0.6 is 11.8 Å². The van der Waals surface area contributed by atoms with E-state index in [1.165, 1.54) is 30.0 Å². The molecule has 0 fully saturated rings. The van der Waals surface area contributed by atoms with Crippen molar-refractivity contribution in [2.75, 3.05) is 5.73 Å². The molecule has 0 amide bonds. The number of benzene rings is 2. The highest BCUT2D eigenvalue weighted by atomic mass is 32.2. The molecule has 0 atom stereocenters. The van der Waals surface area contributed by atoms with Gasteiger partial charge in [0.1, 0.15) is 11.6 Å². The van der Waals surface area contributed by atoms with E-state index in [0.717, 1.165) is 5.56 Å². The number of halogens is 2. The van der Waals surface area contributed by atoms with Gasteiger partial charge in [-0.15, -0.1) is 11.8 Å². The lowest BCUT2D eigenvalue weighted by Gasteiger charge is -2.08. The SMILES string of the molecule is Nc1ccc(F)cc1SCc1ccc(F)c2cccnc12. The molecule has 0 aliphatic heterocycles. The van der Waals surface area contributed by atoms with E-state index in [-0.39, 0.29) is 11.6 Å². The molecule has 0 bridgehead atoms. The van der Waals surface area contributed by atoms with E-state index >= 15 is 0 Å². The largest absolute Gasteiger partial charge is 0.398 e. The van der Waals surface area contributed by atoms with Gasteiger partial charge in [-0.3, -0.25) is 4.98 Å². The highest BCUT2D eigenvalue weighted by Gasteiger charge is 2.08. The van der Waals surface area contributed by atoms with Gasteiger partial charge in [-0.2, -0.15) is 0 Å². The van der Waals surface area contributed by atoms with Crippen LogP contribution in [0.5, 0.6) is 0 Å². The fourth-order valence-electron chi connectivity index (χ4n) is 2.10. The molecule has 3 aromatic rings. The molecule has 106 valence electrons. The second kappa shape index (κ2) is 5.69. The van der Waals surface area contributed by atoms with E-state index in [9.17, 15) is 8.78 Å². The smallest absolute Gasteiger partial charge is 0.132 e. The molecule has 3 rings (SSSR count). The van der Waals surface area contributed by atoms with Crippen LogP contribution in [0.4, 0.5) is 14.5 Å². The first-order valence-corrected chi connectivity index (χ1v) is 7.33. The number of hydrogen-bond acceptors (Lipinski definition) is 3. The summed E-state index contributed by atoms with van der Waals surface area (Å²) < 4.78 is 27.0. The van der Waals surface area contributed by atoms with Crippen LogP contribution in [0.1, 0.15) is 5.56 Å². The molecule has 0 unspecified atom stereocenters. The van der Waals surface area contributed by atoms with Crippen LogP contribution in [0.3, 0.4) is 0 Å². The molecule has 2 N–H and O–H groups in total. The molecular weight excluding hydrogens is 290 g/mol. The number of fused-ring (bicyclic) bond motifs is 1.